The molecule has 0 aliphatic heterocycles. The van der Waals surface area contributed by atoms with Crippen LogP contribution in [0.25, 0.3) is 0 Å². The molecule has 1 fully saturated rings. The van der Waals surface area contributed by atoms with Crippen LogP contribution in [0.3, 0.4) is 0 Å². The summed E-state index contributed by atoms with van der Waals surface area (Å²) >= 11 is 6.03. The minimum Gasteiger partial charge on any atom is -0.126 e. The molecule has 82 valence electrons. The highest BCUT2D eigenvalue weighted by Crippen LogP contribution is 2.65. The van der Waals surface area contributed by atoms with Crippen molar-refractivity contribution >= 4 is 11.6 Å². The second kappa shape index (κ2) is 3.52. The fourth-order valence-electron chi connectivity index (χ4n) is 2.92. The molecule has 0 spiro atoms. The van der Waals surface area contributed by atoms with Gasteiger partial charge in [0, 0.05) is 5.88 Å². The Balaban J connectivity index is 2.41. The summed E-state index contributed by atoms with van der Waals surface area (Å²) in [5, 5.41) is 0. The molecule has 1 aliphatic rings. The predicted molar refractivity (Wildman–Crippen MR) is 66.6 cm³/mol. The zero-order valence-corrected chi connectivity index (χ0v) is 10.7. The van der Waals surface area contributed by atoms with E-state index < -0.39 is 0 Å². The van der Waals surface area contributed by atoms with Crippen LogP contribution in [0.5, 0.6) is 0 Å². The van der Waals surface area contributed by atoms with Crippen LogP contribution >= 0.6 is 11.6 Å². The van der Waals surface area contributed by atoms with E-state index in [0.717, 1.165) is 5.88 Å². The van der Waals surface area contributed by atoms with Crippen molar-refractivity contribution < 1.29 is 0 Å². The van der Waals surface area contributed by atoms with E-state index in [9.17, 15) is 0 Å². The van der Waals surface area contributed by atoms with E-state index in [1.165, 1.54) is 16.7 Å². The molecule has 1 aromatic rings. The molecule has 1 saturated carbocycles. The molecular formula is C14H19Cl. The molecule has 1 heteroatoms. The number of hydrogen-bond donors (Lipinski definition) is 0. The number of benzene rings is 1. The van der Waals surface area contributed by atoms with Crippen LogP contribution in [-0.2, 0) is 0 Å². The van der Waals surface area contributed by atoms with Crippen molar-refractivity contribution in [2.45, 2.75) is 33.6 Å². The monoisotopic (exact) mass is 222 g/mol. The predicted octanol–water partition coefficient (Wildman–Crippen LogP) is 4.28. The Morgan fingerprint density at radius 1 is 1.20 bits per heavy atom. The molecule has 1 aliphatic carbocycles. The first-order valence-electron chi connectivity index (χ1n) is 5.62. The third-order valence-corrected chi connectivity index (χ3v) is 4.40. The van der Waals surface area contributed by atoms with Crippen LogP contribution in [-0.4, -0.2) is 5.88 Å². The number of hydrogen-bond acceptors (Lipinski definition) is 0. The van der Waals surface area contributed by atoms with Crippen LogP contribution < -0.4 is 0 Å². The van der Waals surface area contributed by atoms with Gasteiger partial charge in [0.2, 0.25) is 0 Å². The molecule has 2 rings (SSSR count). The lowest BCUT2D eigenvalue weighted by Crippen LogP contribution is -1.95. The molecule has 0 aromatic heterocycles. The minimum absolute atomic E-state index is 0.388. The summed E-state index contributed by atoms with van der Waals surface area (Å²) in [5.41, 5.74) is 4.76. The zero-order valence-electron chi connectivity index (χ0n) is 9.97. The average molecular weight is 223 g/mol. The van der Waals surface area contributed by atoms with E-state index in [1.54, 1.807) is 0 Å². The molecule has 0 N–H and O–H groups in total. The Labute approximate surface area is 97.6 Å². The molecule has 0 heterocycles. The smallest absolute Gasteiger partial charge is 0.0263 e. The lowest BCUT2D eigenvalue weighted by atomic mass is 9.94. The van der Waals surface area contributed by atoms with E-state index in [0.29, 0.717) is 17.3 Å². The molecular weight excluding hydrogens is 204 g/mol. The van der Waals surface area contributed by atoms with E-state index in [-0.39, 0.29) is 0 Å². The Bertz CT molecular complexity index is 359. The van der Waals surface area contributed by atoms with Gasteiger partial charge in [0.25, 0.3) is 0 Å². The number of halogens is 1. The van der Waals surface area contributed by atoms with Gasteiger partial charge in [-0.25, -0.2) is 0 Å². The van der Waals surface area contributed by atoms with E-state index >= 15 is 0 Å². The number of aryl methyl sites for hydroxylation is 2. The second-order valence-electron chi connectivity index (χ2n) is 5.37. The summed E-state index contributed by atoms with van der Waals surface area (Å²) in [6.07, 6.45) is 0. The Morgan fingerprint density at radius 2 is 1.73 bits per heavy atom. The Morgan fingerprint density at radius 3 is 2.13 bits per heavy atom. The summed E-state index contributed by atoms with van der Waals surface area (Å²) in [7, 11) is 0. The van der Waals surface area contributed by atoms with Crippen LogP contribution in [0.1, 0.15) is 36.5 Å². The number of rotatable bonds is 2. The summed E-state index contributed by atoms with van der Waals surface area (Å²) in [4.78, 5) is 0. The topological polar surface area (TPSA) is 0 Å². The van der Waals surface area contributed by atoms with Crippen molar-refractivity contribution in [1.82, 2.24) is 0 Å². The van der Waals surface area contributed by atoms with Crippen molar-refractivity contribution in [1.29, 1.82) is 0 Å². The largest absolute Gasteiger partial charge is 0.126 e. The molecule has 0 radical (unpaired) electrons. The van der Waals surface area contributed by atoms with E-state index in [4.69, 9.17) is 11.6 Å². The van der Waals surface area contributed by atoms with Crippen molar-refractivity contribution in [3.05, 3.63) is 34.9 Å². The van der Waals surface area contributed by atoms with Crippen molar-refractivity contribution in [2.75, 3.05) is 5.88 Å². The Hall–Kier alpha value is -0.490. The van der Waals surface area contributed by atoms with Gasteiger partial charge in [0.1, 0.15) is 0 Å². The zero-order chi connectivity index (χ0) is 11.2. The Kier molecular flexibility index (Phi) is 2.58. The normalized spacial score (nSPS) is 27.8. The minimum atomic E-state index is 0.388. The summed E-state index contributed by atoms with van der Waals surface area (Å²) in [5.74, 6) is 2.10. The van der Waals surface area contributed by atoms with Gasteiger partial charge in [-0.15, -0.1) is 11.6 Å². The van der Waals surface area contributed by atoms with Gasteiger partial charge in [-0.1, -0.05) is 32.0 Å². The first-order valence-corrected chi connectivity index (χ1v) is 6.15. The molecule has 0 amide bonds. The molecule has 0 nitrogen and oxygen atoms in total. The van der Waals surface area contributed by atoms with E-state index in [2.05, 4.69) is 45.9 Å². The summed E-state index contributed by atoms with van der Waals surface area (Å²) in [6, 6.07) is 6.56. The quantitative estimate of drug-likeness (QED) is 0.656. The van der Waals surface area contributed by atoms with Crippen molar-refractivity contribution in [3.63, 3.8) is 0 Å². The molecule has 2 atom stereocenters. The van der Waals surface area contributed by atoms with Crippen LogP contribution in [0.15, 0.2) is 18.2 Å². The maximum absolute atomic E-state index is 6.03. The summed E-state index contributed by atoms with van der Waals surface area (Å²) < 4.78 is 0. The first-order chi connectivity index (χ1) is 7.00. The van der Waals surface area contributed by atoms with Gasteiger partial charge in [0.15, 0.2) is 0 Å². The second-order valence-corrected chi connectivity index (χ2v) is 5.67. The van der Waals surface area contributed by atoms with Gasteiger partial charge in [0.05, 0.1) is 0 Å². The van der Waals surface area contributed by atoms with Gasteiger partial charge in [-0.3, -0.25) is 0 Å². The third kappa shape index (κ3) is 1.59. The van der Waals surface area contributed by atoms with Crippen LogP contribution in [0.2, 0.25) is 0 Å². The standard InChI is InChI=1S/C14H19Cl/c1-9-6-5-7-10(2)12(9)13-11(8-15)14(13,3)4/h5-7,11,13H,8H2,1-4H3. The highest BCUT2D eigenvalue weighted by Gasteiger charge is 2.58. The molecule has 2 unspecified atom stereocenters. The van der Waals surface area contributed by atoms with Gasteiger partial charge < -0.3 is 0 Å². The highest BCUT2D eigenvalue weighted by atomic mass is 35.5. The number of alkyl halides is 1. The van der Waals surface area contributed by atoms with Gasteiger partial charge in [-0.05, 0) is 47.8 Å². The van der Waals surface area contributed by atoms with Crippen molar-refractivity contribution in [3.8, 4) is 0 Å². The highest BCUT2D eigenvalue weighted by molar-refractivity contribution is 6.18. The van der Waals surface area contributed by atoms with Gasteiger partial charge in [-0.2, -0.15) is 0 Å². The van der Waals surface area contributed by atoms with Crippen molar-refractivity contribution in [2.24, 2.45) is 11.3 Å². The first kappa shape index (κ1) is 11.0. The molecule has 0 bridgehead atoms. The SMILES string of the molecule is Cc1cccc(C)c1C1C(CCl)C1(C)C. The molecule has 0 saturated heterocycles. The van der Waals surface area contributed by atoms with Gasteiger partial charge >= 0.3 is 0 Å². The summed E-state index contributed by atoms with van der Waals surface area (Å²) in [6.45, 7) is 9.08. The average Bonchev–Trinajstić information content (AvgIpc) is 2.68. The van der Waals surface area contributed by atoms with Crippen LogP contribution in [0.4, 0.5) is 0 Å². The third-order valence-electron chi connectivity index (χ3n) is 4.07. The fraction of sp³-hybridized carbons (Fsp3) is 0.571. The lowest BCUT2D eigenvalue weighted by molar-refractivity contribution is 0.576. The molecule has 15 heavy (non-hydrogen) atoms. The maximum atomic E-state index is 6.03. The lowest BCUT2D eigenvalue weighted by Gasteiger charge is -2.10. The van der Waals surface area contributed by atoms with E-state index in [1.807, 2.05) is 0 Å². The maximum Gasteiger partial charge on any atom is 0.0263 e. The fourth-order valence-corrected chi connectivity index (χ4v) is 3.50. The molecule has 1 aromatic carbocycles. The van der Waals surface area contributed by atoms with Crippen LogP contribution in [0, 0.1) is 25.2 Å².